The molecule has 5 nitrogen and oxygen atoms in total. The number of carbonyl (C=O) groups is 1. The second-order valence-corrected chi connectivity index (χ2v) is 8.76. The van der Waals surface area contributed by atoms with E-state index in [9.17, 15) is 4.79 Å². The molecule has 3 aromatic rings. The van der Waals surface area contributed by atoms with Crippen molar-refractivity contribution in [1.29, 1.82) is 0 Å². The predicted molar refractivity (Wildman–Crippen MR) is 134 cm³/mol. The van der Waals surface area contributed by atoms with E-state index in [0.29, 0.717) is 0 Å². The Morgan fingerprint density at radius 1 is 0.909 bits per heavy atom. The van der Waals surface area contributed by atoms with Crippen molar-refractivity contribution in [3.8, 4) is 22.5 Å². The van der Waals surface area contributed by atoms with Crippen LogP contribution in [0, 0.1) is 0 Å². The van der Waals surface area contributed by atoms with Gasteiger partial charge in [-0.05, 0) is 37.7 Å². The second-order valence-electron chi connectivity index (χ2n) is 8.76. The number of fused-ring (bicyclic) bond motifs is 1. The molecule has 0 atom stereocenters. The molecule has 0 bridgehead atoms. The fourth-order valence-corrected chi connectivity index (χ4v) is 4.47. The van der Waals surface area contributed by atoms with E-state index in [1.54, 1.807) is 0 Å². The van der Waals surface area contributed by atoms with Gasteiger partial charge in [-0.3, -0.25) is 4.79 Å². The number of anilines is 1. The van der Waals surface area contributed by atoms with Crippen LogP contribution in [0.2, 0.25) is 0 Å². The molecule has 0 spiro atoms. The number of carboxylic acid groups (broad SMARTS) is 1. The van der Waals surface area contributed by atoms with Crippen LogP contribution in [-0.2, 0) is 17.6 Å². The summed E-state index contributed by atoms with van der Waals surface area (Å²) in [5.74, 6) is 0.309. The number of nitrogens with zero attached hydrogens (tertiary/aromatic N) is 3. The summed E-state index contributed by atoms with van der Waals surface area (Å²) in [7, 11) is 0. The number of hydrogen-bond acceptors (Lipinski definition) is 4. The fourth-order valence-electron chi connectivity index (χ4n) is 4.47. The SMILES string of the molecule is CCc1ccc(-c2nc3c(nc2-c2ccccc2)N(CCCCCCC(=O)O)CCC3)cc1. The zero-order valence-electron chi connectivity index (χ0n) is 19.5. The molecule has 0 radical (unpaired) electrons. The van der Waals surface area contributed by atoms with Crippen molar-refractivity contribution >= 4 is 11.8 Å². The molecule has 4 rings (SSSR count). The van der Waals surface area contributed by atoms with Crippen molar-refractivity contribution in [3.63, 3.8) is 0 Å². The lowest BCUT2D eigenvalue weighted by molar-refractivity contribution is -0.137. The zero-order chi connectivity index (χ0) is 23.0. The fraction of sp³-hybridized carbons (Fsp3) is 0.393. The maximum Gasteiger partial charge on any atom is 0.303 e. The first-order chi connectivity index (χ1) is 16.2. The van der Waals surface area contributed by atoms with Crippen LogP contribution in [0.5, 0.6) is 0 Å². The summed E-state index contributed by atoms with van der Waals surface area (Å²) < 4.78 is 0. The van der Waals surface area contributed by atoms with Crippen LogP contribution in [0.15, 0.2) is 54.6 Å². The van der Waals surface area contributed by atoms with E-state index in [2.05, 4.69) is 60.4 Å². The first-order valence-electron chi connectivity index (χ1n) is 12.2. The van der Waals surface area contributed by atoms with E-state index in [-0.39, 0.29) is 6.42 Å². The highest BCUT2D eigenvalue weighted by Gasteiger charge is 2.23. The average Bonchev–Trinajstić information content (AvgIpc) is 2.86. The summed E-state index contributed by atoms with van der Waals surface area (Å²) in [6, 6.07) is 19.0. The molecule has 0 aliphatic carbocycles. The van der Waals surface area contributed by atoms with E-state index in [1.807, 2.05) is 6.07 Å². The summed E-state index contributed by atoms with van der Waals surface area (Å²) in [5.41, 5.74) is 6.49. The van der Waals surface area contributed by atoms with Gasteiger partial charge in [0.15, 0.2) is 5.82 Å². The Hall–Kier alpha value is -3.21. The Balaban J connectivity index is 1.60. The molecule has 0 amide bonds. The van der Waals surface area contributed by atoms with Gasteiger partial charge in [0.25, 0.3) is 0 Å². The number of carboxylic acids is 1. The van der Waals surface area contributed by atoms with E-state index in [0.717, 1.165) is 92.1 Å². The van der Waals surface area contributed by atoms with Crippen molar-refractivity contribution in [2.45, 2.75) is 58.3 Å². The molecular formula is C28H33N3O2. The molecule has 1 aliphatic rings. The molecule has 1 aromatic heterocycles. The molecule has 172 valence electrons. The van der Waals surface area contributed by atoms with Gasteiger partial charge in [0, 0.05) is 30.6 Å². The lowest BCUT2D eigenvalue weighted by Crippen LogP contribution is -2.32. The molecule has 2 aromatic carbocycles. The number of aryl methyl sites for hydroxylation is 2. The Morgan fingerprint density at radius 2 is 1.61 bits per heavy atom. The zero-order valence-corrected chi connectivity index (χ0v) is 19.5. The minimum absolute atomic E-state index is 0.264. The van der Waals surface area contributed by atoms with Gasteiger partial charge in [-0.1, -0.05) is 74.4 Å². The van der Waals surface area contributed by atoms with Crippen LogP contribution < -0.4 is 4.90 Å². The van der Waals surface area contributed by atoms with Crippen LogP contribution in [0.1, 0.15) is 56.7 Å². The summed E-state index contributed by atoms with van der Waals surface area (Å²) in [5, 5.41) is 8.81. The third kappa shape index (κ3) is 5.78. The van der Waals surface area contributed by atoms with Gasteiger partial charge >= 0.3 is 5.97 Å². The van der Waals surface area contributed by atoms with Gasteiger partial charge in [0.05, 0.1) is 17.1 Å². The average molecular weight is 444 g/mol. The van der Waals surface area contributed by atoms with Crippen molar-refractivity contribution in [2.24, 2.45) is 0 Å². The normalized spacial score (nSPS) is 13.1. The minimum Gasteiger partial charge on any atom is -0.481 e. The standard InChI is InChI=1S/C28H33N3O2/c1-2-21-15-17-23(18-16-21)26-27(22-11-6-5-7-12-22)30-28-24(29-26)13-10-20-31(28)19-9-4-3-8-14-25(32)33/h5-7,11-12,15-18H,2-4,8-10,13-14,19-20H2,1H3,(H,32,33). The monoisotopic (exact) mass is 443 g/mol. The van der Waals surface area contributed by atoms with Crippen LogP contribution in [0.3, 0.4) is 0 Å². The largest absolute Gasteiger partial charge is 0.481 e. The minimum atomic E-state index is -0.705. The summed E-state index contributed by atoms with van der Waals surface area (Å²) in [6.07, 6.45) is 7.12. The topological polar surface area (TPSA) is 66.3 Å². The van der Waals surface area contributed by atoms with Gasteiger partial charge < -0.3 is 10.0 Å². The maximum atomic E-state index is 10.7. The van der Waals surface area contributed by atoms with Crippen LogP contribution >= 0.6 is 0 Å². The lowest BCUT2D eigenvalue weighted by atomic mass is 10.0. The first kappa shape index (κ1) is 23.0. The Labute approximate surface area is 196 Å². The number of aromatic nitrogens is 2. The molecular weight excluding hydrogens is 410 g/mol. The van der Waals surface area contributed by atoms with E-state index >= 15 is 0 Å². The highest BCUT2D eigenvalue weighted by atomic mass is 16.4. The maximum absolute atomic E-state index is 10.7. The molecule has 0 saturated carbocycles. The quantitative estimate of drug-likeness (QED) is 0.380. The highest BCUT2D eigenvalue weighted by molar-refractivity contribution is 5.79. The van der Waals surface area contributed by atoms with Gasteiger partial charge in [0.2, 0.25) is 0 Å². The number of hydrogen-bond donors (Lipinski definition) is 1. The third-order valence-electron chi connectivity index (χ3n) is 6.34. The molecule has 0 saturated heterocycles. The molecule has 0 unspecified atom stereocenters. The van der Waals surface area contributed by atoms with Crippen LogP contribution in [0.4, 0.5) is 5.82 Å². The summed E-state index contributed by atoms with van der Waals surface area (Å²) in [6.45, 7) is 4.10. The smallest absolute Gasteiger partial charge is 0.303 e. The van der Waals surface area contributed by atoms with E-state index in [4.69, 9.17) is 15.1 Å². The highest BCUT2D eigenvalue weighted by Crippen LogP contribution is 2.34. The Kier molecular flexibility index (Phi) is 7.71. The Bertz CT molecular complexity index is 1060. The number of aliphatic carboxylic acids is 1. The summed E-state index contributed by atoms with van der Waals surface area (Å²) in [4.78, 5) is 23.5. The van der Waals surface area contributed by atoms with Gasteiger partial charge in [-0.25, -0.2) is 9.97 Å². The van der Waals surface area contributed by atoms with Crippen molar-refractivity contribution in [2.75, 3.05) is 18.0 Å². The number of unbranched alkanes of at least 4 members (excludes halogenated alkanes) is 3. The molecule has 1 aliphatic heterocycles. The third-order valence-corrected chi connectivity index (χ3v) is 6.34. The van der Waals surface area contributed by atoms with Crippen LogP contribution in [-0.4, -0.2) is 34.1 Å². The Morgan fingerprint density at radius 3 is 2.33 bits per heavy atom. The molecule has 1 N–H and O–H groups in total. The molecule has 2 heterocycles. The van der Waals surface area contributed by atoms with Crippen molar-refractivity contribution in [1.82, 2.24) is 9.97 Å². The lowest BCUT2D eigenvalue weighted by Gasteiger charge is -2.30. The first-order valence-corrected chi connectivity index (χ1v) is 12.2. The van der Waals surface area contributed by atoms with E-state index < -0.39 is 5.97 Å². The van der Waals surface area contributed by atoms with Crippen LogP contribution in [0.25, 0.3) is 22.5 Å². The van der Waals surface area contributed by atoms with Gasteiger partial charge in [0.1, 0.15) is 0 Å². The molecule has 0 fully saturated rings. The van der Waals surface area contributed by atoms with E-state index in [1.165, 1.54) is 5.56 Å². The molecule has 5 heteroatoms. The second kappa shape index (κ2) is 11.1. The summed E-state index contributed by atoms with van der Waals surface area (Å²) >= 11 is 0. The number of benzene rings is 2. The number of rotatable bonds is 10. The van der Waals surface area contributed by atoms with Crippen molar-refractivity contribution in [3.05, 3.63) is 65.9 Å². The predicted octanol–water partition coefficient (Wildman–Crippen LogP) is 6.16. The van der Waals surface area contributed by atoms with Gasteiger partial charge in [-0.15, -0.1) is 0 Å². The molecule has 33 heavy (non-hydrogen) atoms. The van der Waals surface area contributed by atoms with Crippen molar-refractivity contribution < 1.29 is 9.90 Å². The van der Waals surface area contributed by atoms with Gasteiger partial charge in [-0.2, -0.15) is 0 Å².